The number of hydrogen-bond acceptors (Lipinski definition) is 2. The smallest absolute Gasteiger partial charge is 0.238 e. The van der Waals surface area contributed by atoms with Crippen molar-refractivity contribution in [1.82, 2.24) is 5.32 Å². The van der Waals surface area contributed by atoms with Gasteiger partial charge in [0, 0.05) is 16.2 Å². The molecule has 0 aliphatic carbocycles. The van der Waals surface area contributed by atoms with Crippen LogP contribution in [0.5, 0.6) is 0 Å². The summed E-state index contributed by atoms with van der Waals surface area (Å²) in [6.07, 6.45) is 0.928. The van der Waals surface area contributed by atoms with Crippen molar-refractivity contribution < 1.29 is 4.79 Å². The van der Waals surface area contributed by atoms with Crippen molar-refractivity contribution in [2.75, 3.05) is 11.9 Å². The molecular formula is C20H25BrN2O. The fourth-order valence-corrected chi connectivity index (χ4v) is 2.98. The summed E-state index contributed by atoms with van der Waals surface area (Å²) in [6, 6.07) is 16.4. The summed E-state index contributed by atoms with van der Waals surface area (Å²) < 4.78 is 1.06. The van der Waals surface area contributed by atoms with E-state index in [2.05, 4.69) is 65.5 Å². The highest BCUT2D eigenvalue weighted by Crippen LogP contribution is 2.23. The average Bonchev–Trinajstić information content (AvgIpc) is 2.57. The lowest BCUT2D eigenvalue weighted by atomic mass is 10.0. The maximum absolute atomic E-state index is 12.3. The molecule has 0 fully saturated rings. The van der Waals surface area contributed by atoms with Gasteiger partial charge in [0.05, 0.1) is 6.54 Å². The molecule has 0 unspecified atom stereocenters. The Hall–Kier alpha value is -1.65. The predicted octanol–water partition coefficient (Wildman–Crippen LogP) is 5.25. The zero-order valence-corrected chi connectivity index (χ0v) is 16.1. The van der Waals surface area contributed by atoms with Gasteiger partial charge in [0.2, 0.25) is 5.91 Å². The topological polar surface area (TPSA) is 41.1 Å². The van der Waals surface area contributed by atoms with Gasteiger partial charge in [-0.15, -0.1) is 0 Å². The van der Waals surface area contributed by atoms with Crippen LogP contribution in [-0.4, -0.2) is 12.5 Å². The molecule has 2 rings (SSSR count). The van der Waals surface area contributed by atoms with Gasteiger partial charge in [-0.3, -0.25) is 4.79 Å². The SMILES string of the molecule is CC[C@@H](NCC(=O)Nc1ccccc1C(C)C)c1ccc(Br)cc1. The minimum absolute atomic E-state index is 0.0151. The number of benzene rings is 2. The minimum Gasteiger partial charge on any atom is -0.325 e. The third-order valence-electron chi connectivity index (χ3n) is 4.05. The van der Waals surface area contributed by atoms with E-state index in [4.69, 9.17) is 0 Å². The van der Waals surface area contributed by atoms with E-state index in [-0.39, 0.29) is 11.9 Å². The van der Waals surface area contributed by atoms with E-state index in [0.717, 1.165) is 22.1 Å². The van der Waals surface area contributed by atoms with Gasteiger partial charge in [-0.05, 0) is 41.7 Å². The number of carbonyl (C=O) groups excluding carboxylic acids is 1. The third kappa shape index (κ3) is 5.18. The molecule has 1 amide bonds. The first kappa shape index (κ1) is 18.7. The van der Waals surface area contributed by atoms with Crippen LogP contribution in [0.1, 0.15) is 50.3 Å². The molecule has 24 heavy (non-hydrogen) atoms. The van der Waals surface area contributed by atoms with Crippen molar-refractivity contribution >= 4 is 27.5 Å². The lowest BCUT2D eigenvalue weighted by Crippen LogP contribution is -2.31. The summed E-state index contributed by atoms with van der Waals surface area (Å²) >= 11 is 3.45. The van der Waals surface area contributed by atoms with Gasteiger partial charge in [-0.2, -0.15) is 0 Å². The molecule has 2 N–H and O–H groups in total. The molecule has 2 aromatic carbocycles. The van der Waals surface area contributed by atoms with Crippen LogP contribution < -0.4 is 10.6 Å². The van der Waals surface area contributed by atoms with E-state index >= 15 is 0 Å². The zero-order valence-electron chi connectivity index (χ0n) is 14.5. The maximum atomic E-state index is 12.3. The van der Waals surface area contributed by atoms with E-state index in [1.54, 1.807) is 0 Å². The Labute approximate surface area is 153 Å². The van der Waals surface area contributed by atoms with E-state index in [1.807, 2.05) is 30.3 Å². The Morgan fingerprint density at radius 2 is 1.75 bits per heavy atom. The largest absolute Gasteiger partial charge is 0.325 e. The highest BCUT2D eigenvalue weighted by molar-refractivity contribution is 9.10. The number of hydrogen-bond donors (Lipinski definition) is 2. The third-order valence-corrected chi connectivity index (χ3v) is 4.58. The van der Waals surface area contributed by atoms with Crippen LogP contribution in [0, 0.1) is 0 Å². The molecule has 1 atom stereocenters. The summed E-state index contributed by atoms with van der Waals surface area (Å²) in [5, 5.41) is 6.37. The summed E-state index contributed by atoms with van der Waals surface area (Å²) in [4.78, 5) is 12.3. The number of para-hydroxylation sites is 1. The zero-order chi connectivity index (χ0) is 17.5. The van der Waals surface area contributed by atoms with Crippen LogP contribution >= 0.6 is 15.9 Å². The van der Waals surface area contributed by atoms with E-state index < -0.39 is 0 Å². The Kier molecular flexibility index (Phi) is 7.00. The van der Waals surface area contributed by atoms with Gasteiger partial charge >= 0.3 is 0 Å². The second-order valence-electron chi connectivity index (χ2n) is 6.18. The number of amides is 1. The highest BCUT2D eigenvalue weighted by Gasteiger charge is 2.12. The first-order valence-corrected chi connectivity index (χ1v) is 9.18. The number of carbonyl (C=O) groups is 1. The molecule has 3 nitrogen and oxygen atoms in total. The van der Waals surface area contributed by atoms with Crippen LogP contribution in [0.15, 0.2) is 53.0 Å². The van der Waals surface area contributed by atoms with Crippen molar-refractivity contribution in [1.29, 1.82) is 0 Å². The normalized spacial score (nSPS) is 12.2. The molecule has 0 saturated heterocycles. The van der Waals surface area contributed by atoms with Crippen LogP contribution in [0.2, 0.25) is 0 Å². The van der Waals surface area contributed by atoms with Crippen molar-refractivity contribution in [3.63, 3.8) is 0 Å². The molecule has 0 saturated carbocycles. The van der Waals surface area contributed by atoms with Gasteiger partial charge in [0.15, 0.2) is 0 Å². The Bertz CT molecular complexity index is 668. The van der Waals surface area contributed by atoms with Crippen molar-refractivity contribution in [3.8, 4) is 0 Å². The van der Waals surface area contributed by atoms with Gasteiger partial charge in [-0.25, -0.2) is 0 Å². The molecule has 0 aliphatic rings. The maximum Gasteiger partial charge on any atom is 0.238 e. The molecule has 0 aromatic heterocycles. The summed E-state index contributed by atoms with van der Waals surface area (Å²) in [5.74, 6) is 0.360. The Balaban J connectivity index is 1.96. The van der Waals surface area contributed by atoms with Crippen molar-refractivity contribution in [2.45, 2.75) is 39.2 Å². The highest BCUT2D eigenvalue weighted by atomic mass is 79.9. The number of halogens is 1. The number of rotatable bonds is 7. The van der Waals surface area contributed by atoms with Gasteiger partial charge < -0.3 is 10.6 Å². The lowest BCUT2D eigenvalue weighted by molar-refractivity contribution is -0.115. The molecular weight excluding hydrogens is 364 g/mol. The minimum atomic E-state index is -0.0151. The van der Waals surface area contributed by atoms with Crippen LogP contribution in [0.4, 0.5) is 5.69 Å². The monoisotopic (exact) mass is 388 g/mol. The molecule has 0 spiro atoms. The summed E-state index contributed by atoms with van der Waals surface area (Å²) in [7, 11) is 0. The fourth-order valence-electron chi connectivity index (χ4n) is 2.72. The average molecular weight is 389 g/mol. The first-order chi connectivity index (χ1) is 11.5. The molecule has 0 radical (unpaired) electrons. The van der Waals surface area contributed by atoms with Crippen LogP contribution in [-0.2, 0) is 4.79 Å². The second-order valence-corrected chi connectivity index (χ2v) is 7.10. The Morgan fingerprint density at radius 1 is 1.08 bits per heavy atom. The quantitative estimate of drug-likeness (QED) is 0.679. The molecule has 0 aliphatic heterocycles. The second kappa shape index (κ2) is 9.00. The molecule has 2 aromatic rings. The van der Waals surface area contributed by atoms with Crippen molar-refractivity contribution in [3.05, 3.63) is 64.1 Å². The predicted molar refractivity (Wildman–Crippen MR) is 104 cm³/mol. The van der Waals surface area contributed by atoms with Gasteiger partial charge in [0.1, 0.15) is 0 Å². The van der Waals surface area contributed by atoms with Gasteiger partial charge in [-0.1, -0.05) is 67.0 Å². The van der Waals surface area contributed by atoms with Crippen LogP contribution in [0.25, 0.3) is 0 Å². The van der Waals surface area contributed by atoms with Gasteiger partial charge in [0.25, 0.3) is 0 Å². The molecule has 4 heteroatoms. The number of anilines is 1. The van der Waals surface area contributed by atoms with Crippen LogP contribution in [0.3, 0.4) is 0 Å². The number of nitrogens with one attached hydrogen (secondary N) is 2. The van der Waals surface area contributed by atoms with E-state index in [1.165, 1.54) is 5.56 Å². The first-order valence-electron chi connectivity index (χ1n) is 8.39. The Morgan fingerprint density at radius 3 is 2.38 bits per heavy atom. The standard InChI is InChI=1S/C20H25BrN2O/c1-4-18(15-9-11-16(21)12-10-15)22-13-20(24)23-19-8-6-5-7-17(19)14(2)3/h5-12,14,18,22H,4,13H2,1-3H3,(H,23,24)/t18-/m1/s1. The van der Waals surface area contributed by atoms with Crippen molar-refractivity contribution in [2.24, 2.45) is 0 Å². The lowest BCUT2D eigenvalue weighted by Gasteiger charge is -2.18. The summed E-state index contributed by atoms with van der Waals surface area (Å²) in [5.41, 5.74) is 3.25. The fraction of sp³-hybridized carbons (Fsp3) is 0.350. The van der Waals surface area contributed by atoms with E-state index in [9.17, 15) is 4.79 Å². The molecule has 0 heterocycles. The van der Waals surface area contributed by atoms with E-state index in [0.29, 0.717) is 12.5 Å². The molecule has 0 bridgehead atoms. The summed E-state index contributed by atoms with van der Waals surface area (Å²) in [6.45, 7) is 6.67. The molecule has 128 valence electrons.